The first-order valence-corrected chi connectivity index (χ1v) is 5.18. The molecule has 1 aliphatic rings. The predicted octanol–water partition coefficient (Wildman–Crippen LogP) is 0.350. The molecule has 0 spiro atoms. The van der Waals surface area contributed by atoms with Gasteiger partial charge >= 0.3 is 11.7 Å². The Kier molecular flexibility index (Phi) is 2.64. The monoisotopic (exact) mass is 224 g/mol. The first-order chi connectivity index (χ1) is 7.59. The lowest BCUT2D eigenvalue weighted by molar-refractivity contribution is 0.0693. The Morgan fingerprint density at radius 1 is 1.38 bits per heavy atom. The van der Waals surface area contributed by atoms with E-state index in [2.05, 4.69) is 0 Å². The third-order valence-electron chi connectivity index (χ3n) is 2.92. The number of hydrogen-bond donors (Lipinski definition) is 2. The van der Waals surface area contributed by atoms with Crippen LogP contribution in [0, 0.1) is 0 Å². The van der Waals surface area contributed by atoms with Crippen molar-refractivity contribution >= 4 is 5.97 Å². The van der Waals surface area contributed by atoms with Crippen LogP contribution in [0.15, 0.2) is 15.8 Å². The maximum Gasteiger partial charge on any atom is 0.342 e. The van der Waals surface area contributed by atoms with Crippen LogP contribution in [0.5, 0.6) is 0 Å². The van der Waals surface area contributed by atoms with Crippen LogP contribution in [-0.2, 0) is 0 Å². The first kappa shape index (κ1) is 10.7. The summed E-state index contributed by atoms with van der Waals surface area (Å²) in [7, 11) is 0. The first-order valence-electron chi connectivity index (χ1n) is 5.18. The van der Waals surface area contributed by atoms with Crippen molar-refractivity contribution < 1.29 is 9.90 Å². The van der Waals surface area contributed by atoms with Crippen molar-refractivity contribution in [2.45, 2.75) is 31.7 Å². The molecule has 0 unspecified atom stereocenters. The average Bonchev–Trinajstić information content (AvgIpc) is 2.70. The van der Waals surface area contributed by atoms with Crippen LogP contribution in [0.25, 0.3) is 0 Å². The second-order valence-electron chi connectivity index (χ2n) is 3.95. The summed E-state index contributed by atoms with van der Waals surface area (Å²) in [5.41, 5.74) is -1.75. The number of nitrogens with one attached hydrogen (secondary N) is 1. The van der Waals surface area contributed by atoms with Crippen LogP contribution in [0.2, 0.25) is 0 Å². The molecule has 0 amide bonds. The number of carboxylic acid groups (broad SMARTS) is 1. The Balaban J connectivity index is 2.53. The summed E-state index contributed by atoms with van der Waals surface area (Å²) in [6, 6.07) is 0.0162. The summed E-state index contributed by atoms with van der Waals surface area (Å²) in [5, 5.41) is 8.79. The van der Waals surface area contributed by atoms with E-state index in [1.165, 1.54) is 4.57 Å². The lowest BCUT2D eigenvalue weighted by Crippen LogP contribution is -2.34. The molecule has 1 aliphatic carbocycles. The van der Waals surface area contributed by atoms with Gasteiger partial charge in [0.2, 0.25) is 0 Å². The van der Waals surface area contributed by atoms with E-state index >= 15 is 0 Å². The summed E-state index contributed by atoms with van der Waals surface area (Å²) in [6.07, 6.45) is 4.91. The second kappa shape index (κ2) is 3.96. The van der Waals surface area contributed by atoms with Gasteiger partial charge in [0.1, 0.15) is 5.56 Å². The molecule has 16 heavy (non-hydrogen) atoms. The molecule has 1 fully saturated rings. The third-order valence-corrected chi connectivity index (χ3v) is 2.92. The number of aromatic amines is 1. The van der Waals surface area contributed by atoms with Gasteiger partial charge in [-0.1, -0.05) is 12.8 Å². The molecule has 0 atom stereocenters. The Labute approximate surface area is 90.5 Å². The van der Waals surface area contributed by atoms with Crippen molar-refractivity contribution in [2.24, 2.45) is 0 Å². The zero-order valence-corrected chi connectivity index (χ0v) is 8.60. The van der Waals surface area contributed by atoms with E-state index < -0.39 is 17.2 Å². The fourth-order valence-electron chi connectivity index (χ4n) is 2.09. The second-order valence-corrected chi connectivity index (χ2v) is 3.95. The standard InChI is InChI=1S/C10H12N2O4/c13-8-7(9(14)15)5-12(10(16)11-8)6-3-1-2-4-6/h5-6H,1-4H2,(H,14,15)(H,11,13,16). The highest BCUT2D eigenvalue weighted by Crippen LogP contribution is 2.27. The summed E-state index contributed by atoms with van der Waals surface area (Å²) in [6.45, 7) is 0. The smallest absolute Gasteiger partial charge is 0.342 e. The normalized spacial score (nSPS) is 16.5. The van der Waals surface area contributed by atoms with Gasteiger partial charge in [-0.3, -0.25) is 14.3 Å². The summed E-state index contributed by atoms with van der Waals surface area (Å²) in [5.74, 6) is -1.31. The fourth-order valence-corrected chi connectivity index (χ4v) is 2.09. The van der Waals surface area contributed by atoms with E-state index in [4.69, 9.17) is 5.11 Å². The summed E-state index contributed by atoms with van der Waals surface area (Å²) >= 11 is 0. The zero-order valence-electron chi connectivity index (χ0n) is 8.60. The Morgan fingerprint density at radius 2 is 2.00 bits per heavy atom. The van der Waals surface area contributed by atoms with E-state index in [1.54, 1.807) is 0 Å². The minimum absolute atomic E-state index is 0.0162. The van der Waals surface area contributed by atoms with Crippen molar-refractivity contribution in [3.8, 4) is 0 Å². The Bertz CT molecular complexity index is 522. The van der Waals surface area contributed by atoms with E-state index in [1.807, 2.05) is 4.98 Å². The molecule has 2 N–H and O–H groups in total. The number of hydrogen-bond acceptors (Lipinski definition) is 3. The average molecular weight is 224 g/mol. The zero-order chi connectivity index (χ0) is 11.7. The molecule has 0 radical (unpaired) electrons. The number of H-pyrrole nitrogens is 1. The number of aromatic carboxylic acids is 1. The quantitative estimate of drug-likeness (QED) is 0.758. The van der Waals surface area contributed by atoms with Crippen LogP contribution < -0.4 is 11.2 Å². The number of rotatable bonds is 2. The van der Waals surface area contributed by atoms with Gasteiger partial charge in [-0.05, 0) is 12.8 Å². The van der Waals surface area contributed by atoms with Crippen molar-refractivity contribution in [3.05, 3.63) is 32.6 Å². The molecule has 0 aromatic carbocycles. The Morgan fingerprint density at radius 3 is 2.56 bits per heavy atom. The number of nitrogens with zero attached hydrogens (tertiary/aromatic N) is 1. The van der Waals surface area contributed by atoms with Crippen LogP contribution in [0.3, 0.4) is 0 Å². The molecule has 0 saturated heterocycles. The van der Waals surface area contributed by atoms with Crippen LogP contribution >= 0.6 is 0 Å². The number of carboxylic acids is 1. The van der Waals surface area contributed by atoms with E-state index in [0.717, 1.165) is 31.9 Å². The van der Waals surface area contributed by atoms with Gasteiger partial charge in [0.25, 0.3) is 5.56 Å². The molecule has 6 nitrogen and oxygen atoms in total. The number of aromatic nitrogens is 2. The van der Waals surface area contributed by atoms with Gasteiger partial charge in [0, 0.05) is 12.2 Å². The minimum atomic E-state index is -1.31. The van der Waals surface area contributed by atoms with Crippen molar-refractivity contribution in [1.82, 2.24) is 9.55 Å². The summed E-state index contributed by atoms with van der Waals surface area (Å²) < 4.78 is 1.33. The van der Waals surface area contributed by atoms with Gasteiger partial charge in [-0.25, -0.2) is 9.59 Å². The van der Waals surface area contributed by atoms with Gasteiger partial charge < -0.3 is 5.11 Å². The number of carbonyl (C=O) groups is 1. The van der Waals surface area contributed by atoms with Crippen LogP contribution in [0.4, 0.5) is 0 Å². The SMILES string of the molecule is O=C(O)c1cn(C2CCCC2)c(=O)[nH]c1=O. The molecule has 0 bridgehead atoms. The lowest BCUT2D eigenvalue weighted by atomic mass is 10.2. The van der Waals surface area contributed by atoms with Gasteiger partial charge in [-0.2, -0.15) is 0 Å². The highest BCUT2D eigenvalue weighted by atomic mass is 16.4. The highest BCUT2D eigenvalue weighted by molar-refractivity contribution is 5.86. The lowest BCUT2D eigenvalue weighted by Gasteiger charge is -2.12. The van der Waals surface area contributed by atoms with Crippen molar-refractivity contribution in [1.29, 1.82) is 0 Å². The molecule has 1 saturated carbocycles. The Hall–Kier alpha value is -1.85. The van der Waals surface area contributed by atoms with E-state index in [-0.39, 0.29) is 11.6 Å². The topological polar surface area (TPSA) is 92.2 Å². The molecule has 1 aromatic heterocycles. The maximum atomic E-state index is 11.5. The molecular weight excluding hydrogens is 212 g/mol. The molecule has 2 rings (SSSR count). The van der Waals surface area contributed by atoms with Gasteiger partial charge in [-0.15, -0.1) is 0 Å². The molecule has 6 heteroatoms. The van der Waals surface area contributed by atoms with Crippen molar-refractivity contribution in [3.63, 3.8) is 0 Å². The van der Waals surface area contributed by atoms with Crippen molar-refractivity contribution in [2.75, 3.05) is 0 Å². The van der Waals surface area contributed by atoms with E-state index in [9.17, 15) is 14.4 Å². The third kappa shape index (κ3) is 1.78. The van der Waals surface area contributed by atoms with E-state index in [0.29, 0.717) is 0 Å². The molecular formula is C10H12N2O4. The molecule has 86 valence electrons. The van der Waals surface area contributed by atoms with Gasteiger partial charge in [0.05, 0.1) is 0 Å². The molecule has 1 aromatic rings. The maximum absolute atomic E-state index is 11.5. The highest BCUT2D eigenvalue weighted by Gasteiger charge is 2.20. The largest absolute Gasteiger partial charge is 0.477 e. The van der Waals surface area contributed by atoms with Crippen LogP contribution in [0.1, 0.15) is 42.1 Å². The predicted molar refractivity (Wildman–Crippen MR) is 55.8 cm³/mol. The summed E-state index contributed by atoms with van der Waals surface area (Å²) in [4.78, 5) is 35.5. The van der Waals surface area contributed by atoms with Gasteiger partial charge in [0.15, 0.2) is 0 Å². The molecule has 1 heterocycles. The fraction of sp³-hybridized carbons (Fsp3) is 0.500. The minimum Gasteiger partial charge on any atom is -0.477 e. The van der Waals surface area contributed by atoms with Crippen LogP contribution in [-0.4, -0.2) is 20.6 Å². The molecule has 0 aliphatic heterocycles.